The predicted octanol–water partition coefficient (Wildman–Crippen LogP) is -3.36. The molecule has 13 heteroatoms. The summed E-state index contributed by atoms with van der Waals surface area (Å²) in [6, 6.07) is -1.20. The zero-order chi connectivity index (χ0) is 36.3. The van der Waals surface area contributed by atoms with E-state index in [0.717, 1.165) is 25.7 Å². The van der Waals surface area contributed by atoms with Crippen molar-refractivity contribution in [2.75, 3.05) is 13.2 Å². The summed E-state index contributed by atoms with van der Waals surface area (Å²) < 4.78 is 34.2. The van der Waals surface area contributed by atoms with Gasteiger partial charge in [-0.2, -0.15) is 0 Å². The summed E-state index contributed by atoms with van der Waals surface area (Å²) in [7, 11) is -5.55. The molecule has 0 radical (unpaired) electrons. The van der Waals surface area contributed by atoms with Gasteiger partial charge in [0.25, 0.3) is 0 Å². The molecular formula is C38H44NNa2O9P. The average molecular weight is 736 g/mol. The van der Waals surface area contributed by atoms with Crippen LogP contribution >= 0.6 is 7.82 Å². The van der Waals surface area contributed by atoms with Crippen molar-refractivity contribution in [2.45, 2.75) is 123 Å². The van der Waals surface area contributed by atoms with Crippen LogP contribution in [-0.2, 0) is 32.9 Å². The molecule has 1 saturated heterocycles. The van der Waals surface area contributed by atoms with Crippen molar-refractivity contribution in [3.8, 4) is 83.4 Å². The van der Waals surface area contributed by atoms with E-state index in [2.05, 4.69) is 89.2 Å². The second kappa shape index (κ2) is 31.6. The summed E-state index contributed by atoms with van der Waals surface area (Å²) in [5, 5.41) is 2.61. The number of phosphoric ester groups is 1. The molecule has 0 unspecified atom stereocenters. The van der Waals surface area contributed by atoms with Gasteiger partial charge >= 0.3 is 59.1 Å². The van der Waals surface area contributed by atoms with Crippen molar-refractivity contribution in [3.63, 3.8) is 0 Å². The number of hydrogen-bond donors (Lipinski definition) is 1. The first-order valence-corrected chi connectivity index (χ1v) is 17.8. The first-order valence-electron chi connectivity index (χ1n) is 16.3. The summed E-state index contributed by atoms with van der Waals surface area (Å²) in [5.74, 6) is 29.7. The fraction of sp³-hybridized carbons (Fsp3) is 0.579. The second-order valence-corrected chi connectivity index (χ2v) is 12.4. The molecule has 1 aliphatic heterocycles. The van der Waals surface area contributed by atoms with E-state index >= 15 is 0 Å². The fourth-order valence-electron chi connectivity index (χ4n) is 4.61. The van der Waals surface area contributed by atoms with E-state index in [1.54, 1.807) is 0 Å². The quantitative estimate of drug-likeness (QED) is 0.0473. The molecule has 10 nitrogen and oxygen atoms in total. The van der Waals surface area contributed by atoms with Crippen molar-refractivity contribution in [3.05, 3.63) is 0 Å². The van der Waals surface area contributed by atoms with E-state index in [9.17, 15) is 23.9 Å². The molecule has 0 saturated carbocycles. The Labute approximate surface area is 349 Å². The Bertz CT molecular complexity index is 1550. The molecule has 0 aromatic heterocycles. The summed E-state index contributed by atoms with van der Waals surface area (Å²) in [6.07, 6.45) is 9.49. The van der Waals surface area contributed by atoms with Gasteiger partial charge in [0.05, 0.1) is 45.6 Å². The van der Waals surface area contributed by atoms with Crippen LogP contribution in [0.25, 0.3) is 0 Å². The Kier molecular flexibility index (Phi) is 31.7. The van der Waals surface area contributed by atoms with Crippen LogP contribution in [0.5, 0.6) is 0 Å². The van der Waals surface area contributed by atoms with Crippen molar-refractivity contribution in [1.29, 1.82) is 0 Å². The van der Waals surface area contributed by atoms with Gasteiger partial charge in [-0.1, -0.05) is 64.7 Å². The van der Waals surface area contributed by atoms with Crippen LogP contribution in [0.2, 0.25) is 0 Å². The van der Waals surface area contributed by atoms with Gasteiger partial charge in [-0.05, 0) is 91.3 Å². The Morgan fingerprint density at radius 1 is 0.863 bits per heavy atom. The molecule has 0 aromatic rings. The van der Waals surface area contributed by atoms with E-state index in [1.165, 1.54) is 25.7 Å². The molecule has 1 N–H and O–H groups in total. The minimum absolute atomic E-state index is 0. The van der Waals surface area contributed by atoms with Gasteiger partial charge in [-0.3, -0.25) is 9.59 Å². The Morgan fingerprint density at radius 3 is 1.92 bits per heavy atom. The number of ether oxygens (including phenoxy) is 3. The van der Waals surface area contributed by atoms with Crippen LogP contribution < -0.4 is 74.2 Å². The second-order valence-electron chi connectivity index (χ2n) is 11.3. The van der Waals surface area contributed by atoms with E-state index in [0.29, 0.717) is 6.61 Å². The normalized spacial score (nSPS) is 18.4. The smallest absolute Gasteiger partial charge is 0.790 e. The number of ketones is 1. The van der Waals surface area contributed by atoms with E-state index in [-0.39, 0.29) is 78.2 Å². The number of amides is 1. The van der Waals surface area contributed by atoms with Crippen LogP contribution in [0.1, 0.15) is 91.9 Å². The summed E-state index contributed by atoms with van der Waals surface area (Å²) in [5.41, 5.74) is 0. The average Bonchev–Trinajstić information content (AvgIpc) is 3.03. The van der Waals surface area contributed by atoms with E-state index in [1.807, 2.05) is 20.8 Å². The van der Waals surface area contributed by atoms with Crippen LogP contribution in [0, 0.1) is 89.3 Å². The maximum absolute atomic E-state index is 13.0. The Balaban J connectivity index is 0. The molecule has 262 valence electrons. The van der Waals surface area contributed by atoms with E-state index < -0.39 is 56.4 Å². The van der Waals surface area contributed by atoms with Gasteiger partial charge in [-0.15, -0.1) is 6.42 Å². The van der Waals surface area contributed by atoms with Gasteiger partial charge < -0.3 is 38.4 Å². The van der Waals surface area contributed by atoms with Crippen molar-refractivity contribution >= 4 is 19.5 Å². The molecule has 1 fully saturated rings. The van der Waals surface area contributed by atoms with Gasteiger partial charge in [0.2, 0.25) is 5.91 Å². The molecule has 0 aliphatic carbocycles. The summed E-state index contributed by atoms with van der Waals surface area (Å²) in [4.78, 5) is 48.8. The summed E-state index contributed by atoms with van der Waals surface area (Å²) in [6.45, 7) is 8.08. The van der Waals surface area contributed by atoms with Crippen molar-refractivity contribution in [2.24, 2.45) is 5.92 Å². The van der Waals surface area contributed by atoms with Crippen LogP contribution in [0.3, 0.4) is 0 Å². The molecule has 1 rings (SSSR count). The monoisotopic (exact) mass is 735 g/mol. The van der Waals surface area contributed by atoms with Crippen LogP contribution in [-0.4, -0.2) is 55.5 Å². The molecule has 1 heterocycles. The molecular weight excluding hydrogens is 691 g/mol. The predicted molar refractivity (Wildman–Crippen MR) is 182 cm³/mol. The zero-order valence-corrected chi connectivity index (χ0v) is 35.5. The number of nitrogens with one attached hydrogen (secondary N) is 1. The third-order valence-electron chi connectivity index (χ3n) is 6.95. The molecule has 51 heavy (non-hydrogen) atoms. The maximum Gasteiger partial charge on any atom is 1.00 e. The minimum atomic E-state index is -5.55. The molecule has 0 spiro atoms. The zero-order valence-electron chi connectivity index (χ0n) is 30.6. The third kappa shape index (κ3) is 26.5. The third-order valence-corrected chi connectivity index (χ3v) is 7.42. The molecule has 1 aliphatic rings. The van der Waals surface area contributed by atoms with Crippen LogP contribution in [0.15, 0.2) is 0 Å². The number of carbonyl (C=O) groups is 2. The summed E-state index contributed by atoms with van der Waals surface area (Å²) >= 11 is 0. The van der Waals surface area contributed by atoms with Gasteiger partial charge in [-0.25, -0.2) is 0 Å². The number of hydrogen-bond acceptors (Lipinski definition) is 9. The molecule has 5 atom stereocenters. The topological polar surface area (TPSA) is 146 Å². The van der Waals surface area contributed by atoms with Gasteiger partial charge in [0.1, 0.15) is 6.04 Å². The standard InChI is InChI=1S/C38H46NO9P.2Na/c1-6-8-10-12-14-16-17-18-19-20-21-23-25-27-33(40)29-35(41)39-36-37(45-28-26-24-22-15-13-11-9-7-2)32(5)34(30-46-31(3)4)47-38(36)48-49(42,43)44;;/h1,31-32,34,36-38H,7,9,11,13,15,22,24,26-30H2,2-5H3,(H,39,41)(H2,42,43,44);;/q;2*+1/p-2/t32-,34-,36-,37+,38-;;/m1../s1. The Hall–Kier alpha value is -1.95. The van der Waals surface area contributed by atoms with Crippen molar-refractivity contribution < 1.29 is 102 Å². The molecule has 0 aromatic carbocycles. The van der Waals surface area contributed by atoms with Gasteiger partial charge in [0, 0.05) is 12.5 Å². The maximum atomic E-state index is 13.0. The minimum Gasteiger partial charge on any atom is -0.790 e. The molecule has 1 amide bonds. The largest absolute Gasteiger partial charge is 1.00 e. The number of Topliss-reactive ketones (excluding diaryl/α,β-unsaturated/α-hetero) is 1. The first kappa shape index (κ1) is 51.2. The van der Waals surface area contributed by atoms with Gasteiger partial charge in [0.15, 0.2) is 12.1 Å². The SMILES string of the molecule is C#CC#CC#CC#CC#CC#CC#CCC(=O)CC(=O)N[C@H]1[C@@H](OP(=O)([O-])[O-])O[C@H](COC(C)C)[C@@H](C)[C@@H]1OCCCCCCCCCC.[Na+].[Na+]. The first-order chi connectivity index (χ1) is 23.5. The fourth-order valence-corrected chi connectivity index (χ4v) is 5.05. The van der Waals surface area contributed by atoms with E-state index in [4.69, 9.17) is 25.2 Å². The number of carbonyl (C=O) groups excluding carboxylic acids is 2. The molecule has 0 bridgehead atoms. The number of terminal acetylenes is 1. The number of phosphoric acid groups is 1. The van der Waals surface area contributed by atoms with Crippen molar-refractivity contribution in [1.82, 2.24) is 5.32 Å². The van der Waals surface area contributed by atoms with Crippen LogP contribution in [0.4, 0.5) is 0 Å². The number of unbranched alkanes of at least 4 members (excludes halogenated alkanes) is 7. The number of rotatable bonds is 19. The Morgan fingerprint density at radius 2 is 1.39 bits per heavy atom.